The van der Waals surface area contributed by atoms with Crippen molar-refractivity contribution >= 4 is 38.2 Å². The Labute approximate surface area is 157 Å². The van der Waals surface area contributed by atoms with E-state index in [-0.39, 0.29) is 4.90 Å². The number of aromatic nitrogens is 1. The van der Waals surface area contributed by atoms with Crippen LogP contribution >= 0.6 is 11.6 Å². The third-order valence-corrected chi connectivity index (χ3v) is 6.04. The molecule has 1 amide bonds. The monoisotopic (exact) mass is 390 g/mol. The van der Waals surface area contributed by atoms with E-state index in [1.807, 2.05) is 28.8 Å². The van der Waals surface area contributed by atoms with Crippen molar-refractivity contribution < 1.29 is 13.2 Å². The fourth-order valence-electron chi connectivity index (χ4n) is 2.75. The molecule has 1 aromatic heterocycles. The molecule has 5 nitrogen and oxygen atoms in total. The van der Waals surface area contributed by atoms with E-state index in [2.05, 4.69) is 0 Å². The van der Waals surface area contributed by atoms with Crippen molar-refractivity contribution in [1.29, 1.82) is 0 Å². The number of rotatable bonds is 5. The van der Waals surface area contributed by atoms with Crippen molar-refractivity contribution in [3.8, 4) is 0 Å². The Morgan fingerprint density at radius 2 is 1.73 bits per heavy atom. The first-order valence-electron chi connectivity index (χ1n) is 8.03. The first kappa shape index (κ1) is 18.5. The molecule has 0 N–H and O–H groups in total. The zero-order valence-electron chi connectivity index (χ0n) is 14.5. The van der Waals surface area contributed by atoms with Crippen LogP contribution in [0.3, 0.4) is 0 Å². The molecule has 1 heterocycles. The zero-order valence-corrected chi connectivity index (χ0v) is 16.1. The molecule has 0 spiro atoms. The summed E-state index contributed by atoms with van der Waals surface area (Å²) < 4.78 is 27.5. The summed E-state index contributed by atoms with van der Waals surface area (Å²) in [6.07, 6.45) is 1.61. The lowest BCUT2D eigenvalue weighted by Crippen LogP contribution is -2.29. The second-order valence-corrected chi connectivity index (χ2v) is 8.71. The minimum atomic E-state index is -3.74. The van der Waals surface area contributed by atoms with E-state index in [9.17, 15) is 13.2 Å². The molecule has 136 valence electrons. The Hall–Kier alpha value is -2.31. The highest BCUT2D eigenvalue weighted by Crippen LogP contribution is 2.27. The third-order valence-electron chi connectivity index (χ3n) is 4.17. The first-order valence-corrected chi connectivity index (χ1v) is 10.1. The third kappa shape index (κ3) is 3.76. The average molecular weight is 391 g/mol. The molecule has 0 bridgehead atoms. The summed E-state index contributed by atoms with van der Waals surface area (Å²) in [6.45, 7) is 0.509. The van der Waals surface area contributed by atoms with Crippen LogP contribution in [-0.4, -0.2) is 43.6 Å². The van der Waals surface area contributed by atoms with Gasteiger partial charge in [-0.2, -0.15) is 0 Å². The number of nitrogens with zero attached hydrogens (tertiary/aromatic N) is 2. The van der Waals surface area contributed by atoms with Gasteiger partial charge in [-0.25, -0.2) is 8.42 Å². The second kappa shape index (κ2) is 7.13. The molecule has 0 radical (unpaired) electrons. The summed E-state index contributed by atoms with van der Waals surface area (Å²) in [5.74, 6) is -0.992. The molecule has 0 saturated heterocycles. The van der Waals surface area contributed by atoms with Gasteiger partial charge in [0, 0.05) is 42.8 Å². The topological polar surface area (TPSA) is 59.4 Å². The summed E-state index contributed by atoms with van der Waals surface area (Å²) in [6, 6.07) is 14.7. The van der Waals surface area contributed by atoms with Crippen LogP contribution in [0.2, 0.25) is 5.02 Å². The lowest BCUT2D eigenvalue weighted by Gasteiger charge is -2.10. The summed E-state index contributed by atoms with van der Waals surface area (Å²) in [7, 11) is -0.656. The maximum atomic E-state index is 12.8. The highest BCUT2D eigenvalue weighted by atomic mass is 35.5. The van der Waals surface area contributed by atoms with Crippen LogP contribution in [0.25, 0.3) is 10.9 Å². The van der Waals surface area contributed by atoms with E-state index in [1.54, 1.807) is 44.6 Å². The number of carbonyl (C=O) groups is 1. The molecule has 0 aliphatic carbocycles. The number of halogens is 1. The van der Waals surface area contributed by atoms with Gasteiger partial charge in [0.2, 0.25) is 5.91 Å². The van der Waals surface area contributed by atoms with Gasteiger partial charge in [0.05, 0.1) is 4.90 Å². The van der Waals surface area contributed by atoms with E-state index in [0.29, 0.717) is 17.0 Å². The number of hydrogen-bond donors (Lipinski definition) is 0. The Morgan fingerprint density at radius 3 is 2.38 bits per heavy atom. The molecule has 7 heteroatoms. The molecular formula is C19H19ClN2O3S. The fourth-order valence-corrected chi connectivity index (χ4v) is 4.41. The van der Waals surface area contributed by atoms with Gasteiger partial charge in [0.15, 0.2) is 9.84 Å². The summed E-state index contributed by atoms with van der Waals surface area (Å²) >= 11 is 5.93. The van der Waals surface area contributed by atoms with Crippen molar-refractivity contribution in [2.45, 2.75) is 11.4 Å². The molecule has 0 atom stereocenters. The number of amides is 1. The van der Waals surface area contributed by atoms with Gasteiger partial charge in [-0.3, -0.25) is 4.79 Å². The molecule has 2 aromatic carbocycles. The van der Waals surface area contributed by atoms with Gasteiger partial charge in [-0.15, -0.1) is 0 Å². The first-order chi connectivity index (χ1) is 12.3. The zero-order chi connectivity index (χ0) is 18.9. The molecule has 3 aromatic rings. The molecule has 26 heavy (non-hydrogen) atoms. The lowest BCUT2D eigenvalue weighted by molar-refractivity contribution is -0.125. The number of para-hydroxylation sites is 1. The summed E-state index contributed by atoms with van der Waals surface area (Å²) in [5, 5.41) is 1.27. The van der Waals surface area contributed by atoms with E-state index in [1.165, 1.54) is 4.90 Å². The van der Waals surface area contributed by atoms with Crippen LogP contribution in [0.5, 0.6) is 0 Å². The normalized spacial score (nSPS) is 11.7. The fraction of sp³-hybridized carbons (Fsp3) is 0.211. The molecule has 0 saturated carbocycles. The molecule has 0 unspecified atom stereocenters. The minimum Gasteiger partial charge on any atom is -0.348 e. The van der Waals surface area contributed by atoms with Crippen LogP contribution in [0.4, 0.5) is 0 Å². The van der Waals surface area contributed by atoms with Crippen LogP contribution < -0.4 is 0 Å². The van der Waals surface area contributed by atoms with Crippen molar-refractivity contribution in [3.05, 3.63) is 65.3 Å². The quantitative estimate of drug-likeness (QED) is 0.672. The number of hydrogen-bond acceptors (Lipinski definition) is 3. The lowest BCUT2D eigenvalue weighted by atomic mass is 10.2. The van der Waals surface area contributed by atoms with E-state index >= 15 is 0 Å². The molecule has 0 fully saturated rings. The SMILES string of the molecule is CN(C)C(=O)CS(=O)(=O)c1cn(Cc2ccc(Cl)cc2)c2ccccc12. The van der Waals surface area contributed by atoms with Gasteiger partial charge >= 0.3 is 0 Å². The Balaban J connectivity index is 2.05. The Bertz CT molecular complexity index is 1050. The predicted molar refractivity (Wildman–Crippen MR) is 103 cm³/mol. The maximum absolute atomic E-state index is 12.8. The minimum absolute atomic E-state index is 0.178. The Kier molecular flexibility index (Phi) is 5.07. The predicted octanol–water partition coefficient (Wildman–Crippen LogP) is 3.20. The molecule has 3 rings (SSSR count). The standard InChI is InChI=1S/C19H19ClN2O3S/c1-21(2)19(23)13-26(24,25)18-12-22(17-6-4-3-5-16(17)18)11-14-7-9-15(20)10-8-14/h3-10,12H,11,13H2,1-2H3. The van der Waals surface area contributed by atoms with Gasteiger partial charge < -0.3 is 9.47 Å². The van der Waals surface area contributed by atoms with Crippen LogP contribution in [0.15, 0.2) is 59.6 Å². The van der Waals surface area contributed by atoms with Gasteiger partial charge in [-0.1, -0.05) is 41.9 Å². The molecular weight excluding hydrogens is 372 g/mol. The van der Waals surface area contributed by atoms with Gasteiger partial charge in [-0.05, 0) is 23.8 Å². The summed E-state index contributed by atoms with van der Waals surface area (Å²) in [4.78, 5) is 13.4. The number of benzene rings is 2. The van der Waals surface area contributed by atoms with Gasteiger partial charge in [0.1, 0.15) is 5.75 Å². The second-order valence-electron chi connectivity index (χ2n) is 6.31. The largest absolute Gasteiger partial charge is 0.348 e. The van der Waals surface area contributed by atoms with E-state index in [4.69, 9.17) is 11.6 Å². The van der Waals surface area contributed by atoms with Crippen molar-refractivity contribution in [2.24, 2.45) is 0 Å². The molecule has 0 aliphatic heterocycles. The Morgan fingerprint density at radius 1 is 1.08 bits per heavy atom. The average Bonchev–Trinajstić information content (AvgIpc) is 2.96. The molecule has 0 aliphatic rings. The van der Waals surface area contributed by atoms with E-state index in [0.717, 1.165) is 11.1 Å². The van der Waals surface area contributed by atoms with Crippen molar-refractivity contribution in [1.82, 2.24) is 9.47 Å². The van der Waals surface area contributed by atoms with Gasteiger partial charge in [0.25, 0.3) is 0 Å². The smallest absolute Gasteiger partial charge is 0.237 e. The summed E-state index contributed by atoms with van der Waals surface area (Å²) in [5.41, 5.74) is 1.81. The van der Waals surface area contributed by atoms with Crippen LogP contribution in [0, 0.1) is 0 Å². The van der Waals surface area contributed by atoms with Crippen molar-refractivity contribution in [3.63, 3.8) is 0 Å². The number of fused-ring (bicyclic) bond motifs is 1. The van der Waals surface area contributed by atoms with Crippen LogP contribution in [-0.2, 0) is 21.2 Å². The van der Waals surface area contributed by atoms with Crippen molar-refractivity contribution in [2.75, 3.05) is 19.8 Å². The highest BCUT2D eigenvalue weighted by molar-refractivity contribution is 7.92. The number of carbonyl (C=O) groups excluding carboxylic acids is 1. The number of sulfone groups is 1. The maximum Gasteiger partial charge on any atom is 0.237 e. The highest BCUT2D eigenvalue weighted by Gasteiger charge is 2.25. The van der Waals surface area contributed by atoms with E-state index < -0.39 is 21.5 Å². The van der Waals surface area contributed by atoms with Crippen LogP contribution in [0.1, 0.15) is 5.56 Å².